The minimum Gasteiger partial charge on any atom is -0.478 e. The molecule has 0 bridgehead atoms. The molecule has 4 heteroatoms. The van der Waals surface area contributed by atoms with Crippen molar-refractivity contribution in [3.05, 3.63) is 34.5 Å². The van der Waals surface area contributed by atoms with Crippen LogP contribution in [0.3, 0.4) is 0 Å². The average molecular weight is 288 g/mol. The minimum absolute atomic E-state index is 0.275. The fraction of sp³-hybridized carbons (Fsp3) is 0.471. The molecule has 114 valence electrons. The van der Waals surface area contributed by atoms with Crippen LogP contribution in [0.2, 0.25) is 0 Å². The van der Waals surface area contributed by atoms with Crippen LogP contribution in [0.4, 0.5) is 0 Å². The number of rotatable bonds is 5. The molecule has 3 N–H and O–H groups in total. The van der Waals surface area contributed by atoms with Crippen molar-refractivity contribution in [3.63, 3.8) is 0 Å². The molecule has 0 atom stereocenters. The van der Waals surface area contributed by atoms with E-state index in [0.717, 1.165) is 29.5 Å². The van der Waals surface area contributed by atoms with E-state index < -0.39 is 5.97 Å². The second-order valence-electron chi connectivity index (χ2n) is 5.93. The summed E-state index contributed by atoms with van der Waals surface area (Å²) in [5.74, 6) is -0.595. The van der Waals surface area contributed by atoms with Crippen molar-refractivity contribution >= 4 is 16.9 Å². The zero-order valence-electron chi connectivity index (χ0n) is 13.2. The molecule has 0 fully saturated rings. The van der Waals surface area contributed by atoms with Crippen LogP contribution in [0.15, 0.2) is 12.1 Å². The van der Waals surface area contributed by atoms with Gasteiger partial charge in [-0.3, -0.25) is 0 Å². The lowest BCUT2D eigenvalue weighted by Gasteiger charge is -2.14. The molecule has 21 heavy (non-hydrogen) atoms. The predicted octanol–water partition coefficient (Wildman–Crippen LogP) is 3.43. The number of hydrogen-bond acceptors (Lipinski definition) is 2. The van der Waals surface area contributed by atoms with Gasteiger partial charge in [0.05, 0.1) is 11.1 Å². The van der Waals surface area contributed by atoms with E-state index in [-0.39, 0.29) is 5.92 Å². The van der Waals surface area contributed by atoms with Gasteiger partial charge in [-0.05, 0) is 56.0 Å². The Bertz CT molecular complexity index is 684. The lowest BCUT2D eigenvalue weighted by Crippen LogP contribution is -2.08. The van der Waals surface area contributed by atoms with E-state index in [1.54, 1.807) is 6.07 Å². The summed E-state index contributed by atoms with van der Waals surface area (Å²) in [5, 5.41) is 10.4. The molecule has 0 saturated heterocycles. The monoisotopic (exact) mass is 288 g/mol. The number of hydrogen-bond donors (Lipinski definition) is 2. The van der Waals surface area contributed by atoms with Crippen LogP contribution in [0.1, 0.15) is 53.4 Å². The van der Waals surface area contributed by atoms with Gasteiger partial charge in [0.1, 0.15) is 0 Å². The molecule has 0 amide bonds. The fourth-order valence-electron chi connectivity index (χ4n) is 2.90. The van der Waals surface area contributed by atoms with Gasteiger partial charge in [-0.2, -0.15) is 0 Å². The van der Waals surface area contributed by atoms with Crippen LogP contribution in [-0.4, -0.2) is 22.2 Å². The minimum atomic E-state index is -0.870. The first-order chi connectivity index (χ1) is 9.88. The Morgan fingerprint density at radius 3 is 2.52 bits per heavy atom. The number of carbonyl (C=O) groups is 1. The van der Waals surface area contributed by atoms with Crippen LogP contribution in [-0.2, 0) is 6.54 Å². The van der Waals surface area contributed by atoms with Crippen LogP contribution in [0.25, 0.3) is 10.9 Å². The molecule has 0 aliphatic heterocycles. The lowest BCUT2D eigenvalue weighted by molar-refractivity contribution is 0.0697. The largest absolute Gasteiger partial charge is 0.478 e. The van der Waals surface area contributed by atoms with Crippen LogP contribution >= 0.6 is 0 Å². The van der Waals surface area contributed by atoms with E-state index in [0.29, 0.717) is 12.1 Å². The molecule has 1 heterocycles. The van der Waals surface area contributed by atoms with E-state index in [1.165, 1.54) is 11.2 Å². The summed E-state index contributed by atoms with van der Waals surface area (Å²) in [6.07, 6.45) is 0.919. The first-order valence-electron chi connectivity index (χ1n) is 7.45. The third-order valence-corrected chi connectivity index (χ3v) is 4.22. The lowest BCUT2D eigenvalue weighted by atomic mass is 9.96. The number of aryl methyl sites for hydroxylation is 2. The number of carboxylic acids is 1. The molecule has 0 unspecified atom stereocenters. The van der Waals surface area contributed by atoms with Crippen molar-refractivity contribution in [1.82, 2.24) is 4.57 Å². The summed E-state index contributed by atoms with van der Waals surface area (Å²) in [6, 6.07) is 3.61. The Labute approximate surface area is 125 Å². The van der Waals surface area contributed by atoms with E-state index in [1.807, 2.05) is 6.07 Å². The third kappa shape index (κ3) is 2.68. The zero-order chi connectivity index (χ0) is 15.7. The normalized spacial score (nSPS) is 11.5. The van der Waals surface area contributed by atoms with Crippen molar-refractivity contribution in [2.45, 2.75) is 46.6 Å². The predicted molar refractivity (Wildman–Crippen MR) is 86.1 cm³/mol. The van der Waals surface area contributed by atoms with Crippen LogP contribution in [0.5, 0.6) is 0 Å². The topological polar surface area (TPSA) is 68.2 Å². The highest BCUT2D eigenvalue weighted by Crippen LogP contribution is 2.33. The van der Waals surface area contributed by atoms with Crippen LogP contribution < -0.4 is 5.73 Å². The molecule has 4 nitrogen and oxygen atoms in total. The second kappa shape index (κ2) is 5.90. The summed E-state index contributed by atoms with van der Waals surface area (Å²) >= 11 is 0. The van der Waals surface area contributed by atoms with Gasteiger partial charge in [-0.15, -0.1) is 0 Å². The summed E-state index contributed by atoms with van der Waals surface area (Å²) < 4.78 is 2.29. The van der Waals surface area contributed by atoms with E-state index in [9.17, 15) is 9.90 Å². The van der Waals surface area contributed by atoms with Gasteiger partial charge in [-0.25, -0.2) is 4.79 Å². The van der Waals surface area contributed by atoms with Gasteiger partial charge in [0.25, 0.3) is 0 Å². The number of nitrogens with zero attached hydrogens (tertiary/aromatic N) is 1. The maximum absolute atomic E-state index is 11.4. The average Bonchev–Trinajstić information content (AvgIpc) is 2.68. The number of carboxylic acid groups (broad SMARTS) is 1. The molecular weight excluding hydrogens is 264 g/mol. The van der Waals surface area contributed by atoms with Gasteiger partial charge in [0.2, 0.25) is 0 Å². The van der Waals surface area contributed by atoms with Gasteiger partial charge in [0, 0.05) is 17.6 Å². The zero-order valence-corrected chi connectivity index (χ0v) is 13.2. The number of aromatic nitrogens is 1. The Balaban J connectivity index is 2.81. The summed E-state index contributed by atoms with van der Waals surface area (Å²) in [5.41, 5.74) is 10.6. The van der Waals surface area contributed by atoms with Gasteiger partial charge in [-0.1, -0.05) is 13.8 Å². The molecule has 0 radical (unpaired) electrons. The molecule has 2 rings (SSSR count). The quantitative estimate of drug-likeness (QED) is 0.885. The Kier molecular flexibility index (Phi) is 4.37. The maximum atomic E-state index is 11.4. The Morgan fingerprint density at radius 1 is 1.33 bits per heavy atom. The van der Waals surface area contributed by atoms with E-state index in [2.05, 4.69) is 32.3 Å². The van der Waals surface area contributed by atoms with Gasteiger partial charge < -0.3 is 15.4 Å². The Hall–Kier alpha value is -1.81. The highest BCUT2D eigenvalue weighted by atomic mass is 16.4. The smallest absolute Gasteiger partial charge is 0.335 e. The molecule has 2 aromatic rings. The molecule has 0 aliphatic rings. The second-order valence-corrected chi connectivity index (χ2v) is 5.93. The van der Waals surface area contributed by atoms with E-state index >= 15 is 0 Å². The summed E-state index contributed by atoms with van der Waals surface area (Å²) in [7, 11) is 0. The molecular formula is C17H24N2O2. The first kappa shape index (κ1) is 15.6. The number of nitrogens with two attached hydrogens (primary N) is 1. The standard InChI is InChI=1S/C17H24N2O2/c1-10(2)14-8-13(17(20)21)9-15-11(3)12(4)19(16(14)15)7-5-6-18/h8-10H,5-7,18H2,1-4H3,(H,20,21). The van der Waals surface area contributed by atoms with E-state index in [4.69, 9.17) is 5.73 Å². The molecule has 0 aliphatic carbocycles. The van der Waals surface area contributed by atoms with Crippen molar-refractivity contribution in [2.75, 3.05) is 6.54 Å². The Morgan fingerprint density at radius 2 is 2.00 bits per heavy atom. The van der Waals surface area contributed by atoms with Crippen molar-refractivity contribution in [1.29, 1.82) is 0 Å². The molecule has 0 spiro atoms. The third-order valence-electron chi connectivity index (χ3n) is 4.22. The van der Waals surface area contributed by atoms with Crippen molar-refractivity contribution in [3.8, 4) is 0 Å². The maximum Gasteiger partial charge on any atom is 0.335 e. The summed E-state index contributed by atoms with van der Waals surface area (Å²) in [6.45, 7) is 9.89. The molecule has 0 saturated carbocycles. The van der Waals surface area contributed by atoms with Gasteiger partial charge in [0.15, 0.2) is 0 Å². The summed E-state index contributed by atoms with van der Waals surface area (Å²) in [4.78, 5) is 11.4. The van der Waals surface area contributed by atoms with Crippen molar-refractivity contribution < 1.29 is 9.90 Å². The highest BCUT2D eigenvalue weighted by molar-refractivity contribution is 5.97. The number of fused-ring (bicyclic) bond motifs is 1. The molecule has 1 aromatic heterocycles. The SMILES string of the molecule is Cc1c(C)n(CCCN)c2c(C(C)C)cc(C(=O)O)cc12. The first-order valence-corrected chi connectivity index (χ1v) is 7.45. The van der Waals surface area contributed by atoms with Crippen molar-refractivity contribution in [2.24, 2.45) is 5.73 Å². The van der Waals surface area contributed by atoms with Gasteiger partial charge >= 0.3 is 5.97 Å². The fourth-order valence-corrected chi connectivity index (χ4v) is 2.90. The van der Waals surface area contributed by atoms with Crippen LogP contribution in [0, 0.1) is 13.8 Å². The number of benzene rings is 1. The highest BCUT2D eigenvalue weighted by Gasteiger charge is 2.19. The number of aromatic carboxylic acids is 1. The molecule has 1 aromatic carbocycles.